The second-order valence-corrected chi connectivity index (χ2v) is 4.81. The molecule has 0 aliphatic carbocycles. The van der Waals surface area contributed by atoms with Gasteiger partial charge in [-0.15, -0.1) is 0 Å². The van der Waals surface area contributed by atoms with Crippen molar-refractivity contribution >= 4 is 23.3 Å². The summed E-state index contributed by atoms with van der Waals surface area (Å²) in [6.45, 7) is 2.41. The van der Waals surface area contributed by atoms with E-state index in [0.29, 0.717) is 17.6 Å². The molecule has 17 heavy (non-hydrogen) atoms. The van der Waals surface area contributed by atoms with Crippen LogP contribution in [-0.2, 0) is 4.79 Å². The summed E-state index contributed by atoms with van der Waals surface area (Å²) in [5, 5.41) is 0.410. The van der Waals surface area contributed by atoms with E-state index in [1.165, 1.54) is 6.20 Å². The quantitative estimate of drug-likeness (QED) is 0.747. The number of nitrogens with zero attached hydrogens (tertiary/aromatic N) is 4. The molecule has 6 heteroatoms. The predicted octanol–water partition coefficient (Wildman–Crippen LogP) is 0.941. The van der Waals surface area contributed by atoms with Crippen molar-refractivity contribution in [2.45, 2.75) is 18.9 Å². The second-order valence-electron chi connectivity index (χ2n) is 4.43. The zero-order valence-corrected chi connectivity index (χ0v) is 10.1. The van der Waals surface area contributed by atoms with Gasteiger partial charge in [-0.1, -0.05) is 11.6 Å². The first-order valence-corrected chi connectivity index (χ1v) is 6.14. The summed E-state index contributed by atoms with van der Waals surface area (Å²) in [5.41, 5.74) is 0. The number of hydrogen-bond acceptors (Lipinski definition) is 4. The number of rotatable bonds is 1. The van der Waals surface area contributed by atoms with E-state index in [0.717, 1.165) is 31.9 Å². The minimum absolute atomic E-state index is 0.284. The van der Waals surface area contributed by atoms with Gasteiger partial charge in [0.2, 0.25) is 5.91 Å². The lowest BCUT2D eigenvalue weighted by atomic mass is 10.1. The lowest BCUT2D eigenvalue weighted by Crippen LogP contribution is -2.51. The van der Waals surface area contributed by atoms with Crippen LogP contribution in [0.1, 0.15) is 12.8 Å². The van der Waals surface area contributed by atoms with E-state index in [1.54, 1.807) is 6.20 Å². The van der Waals surface area contributed by atoms with Crippen LogP contribution in [0, 0.1) is 0 Å². The highest BCUT2D eigenvalue weighted by atomic mass is 35.5. The molecule has 1 aromatic rings. The van der Waals surface area contributed by atoms with E-state index in [1.807, 2.05) is 4.90 Å². The Bertz CT molecular complexity index is 453. The smallest absolute Gasteiger partial charge is 0.223 e. The van der Waals surface area contributed by atoms with Gasteiger partial charge in [0, 0.05) is 32.1 Å². The van der Waals surface area contributed by atoms with E-state index < -0.39 is 0 Å². The van der Waals surface area contributed by atoms with Crippen LogP contribution in [-0.4, -0.2) is 46.5 Å². The first kappa shape index (κ1) is 10.8. The van der Waals surface area contributed by atoms with Gasteiger partial charge in [0.1, 0.15) is 11.0 Å². The molecule has 3 heterocycles. The lowest BCUT2D eigenvalue weighted by molar-refractivity contribution is -0.129. The zero-order valence-electron chi connectivity index (χ0n) is 9.34. The van der Waals surface area contributed by atoms with Crippen LogP contribution in [0.5, 0.6) is 0 Å². The highest BCUT2D eigenvalue weighted by Crippen LogP contribution is 2.25. The molecule has 2 saturated heterocycles. The van der Waals surface area contributed by atoms with Crippen molar-refractivity contribution in [3.63, 3.8) is 0 Å². The molecular weight excluding hydrogens is 240 g/mol. The number of fused-ring (bicyclic) bond motifs is 1. The third-order valence-electron chi connectivity index (χ3n) is 3.41. The summed E-state index contributed by atoms with van der Waals surface area (Å²) < 4.78 is 0. The summed E-state index contributed by atoms with van der Waals surface area (Å²) in [4.78, 5) is 24.0. The molecule has 1 atom stereocenters. The molecule has 0 bridgehead atoms. The molecule has 2 aliphatic rings. The van der Waals surface area contributed by atoms with E-state index in [9.17, 15) is 4.79 Å². The van der Waals surface area contributed by atoms with Crippen LogP contribution in [0.25, 0.3) is 0 Å². The number of piperazine rings is 1. The zero-order chi connectivity index (χ0) is 11.8. The summed E-state index contributed by atoms with van der Waals surface area (Å²) >= 11 is 5.83. The molecule has 1 aromatic heterocycles. The van der Waals surface area contributed by atoms with Gasteiger partial charge in [0.05, 0.1) is 12.4 Å². The minimum atomic E-state index is 0.284. The second kappa shape index (κ2) is 4.14. The number of hydrogen-bond donors (Lipinski definition) is 0. The molecule has 0 N–H and O–H groups in total. The summed E-state index contributed by atoms with van der Waals surface area (Å²) in [6, 6.07) is 0.331. The lowest BCUT2D eigenvalue weighted by Gasteiger charge is -2.38. The molecule has 0 radical (unpaired) electrons. The molecule has 1 unspecified atom stereocenters. The normalized spacial score (nSPS) is 24.1. The van der Waals surface area contributed by atoms with Gasteiger partial charge in [-0.25, -0.2) is 4.98 Å². The van der Waals surface area contributed by atoms with Crippen LogP contribution in [0.3, 0.4) is 0 Å². The van der Waals surface area contributed by atoms with Crippen molar-refractivity contribution < 1.29 is 4.79 Å². The summed E-state index contributed by atoms with van der Waals surface area (Å²) in [7, 11) is 0. The van der Waals surface area contributed by atoms with Crippen molar-refractivity contribution in [1.29, 1.82) is 0 Å². The average molecular weight is 253 g/mol. The molecule has 2 aliphatic heterocycles. The SMILES string of the molecule is O=C1CCC2CN(c3cncc(Cl)n3)CCN12. The Morgan fingerprint density at radius 2 is 2.24 bits per heavy atom. The highest BCUT2D eigenvalue weighted by molar-refractivity contribution is 6.29. The number of aromatic nitrogens is 2. The molecule has 5 nitrogen and oxygen atoms in total. The van der Waals surface area contributed by atoms with Gasteiger partial charge in [0.15, 0.2) is 0 Å². The van der Waals surface area contributed by atoms with E-state index in [-0.39, 0.29) is 5.91 Å². The van der Waals surface area contributed by atoms with Crippen LogP contribution < -0.4 is 4.90 Å². The van der Waals surface area contributed by atoms with Crippen LogP contribution >= 0.6 is 11.6 Å². The Kier molecular flexibility index (Phi) is 2.63. The maximum atomic E-state index is 11.6. The fraction of sp³-hybridized carbons (Fsp3) is 0.545. The van der Waals surface area contributed by atoms with Crippen molar-refractivity contribution in [3.05, 3.63) is 17.5 Å². The number of carbonyl (C=O) groups is 1. The maximum absolute atomic E-state index is 11.6. The Morgan fingerprint density at radius 1 is 1.35 bits per heavy atom. The van der Waals surface area contributed by atoms with Crippen LogP contribution in [0.2, 0.25) is 5.15 Å². The molecule has 1 amide bonds. The monoisotopic (exact) mass is 252 g/mol. The van der Waals surface area contributed by atoms with Crippen LogP contribution in [0.15, 0.2) is 12.4 Å². The maximum Gasteiger partial charge on any atom is 0.223 e. The summed E-state index contributed by atoms with van der Waals surface area (Å²) in [6.07, 6.45) is 4.88. The number of anilines is 1. The van der Waals surface area contributed by atoms with E-state index >= 15 is 0 Å². The average Bonchev–Trinajstić information content (AvgIpc) is 2.71. The highest BCUT2D eigenvalue weighted by Gasteiger charge is 2.35. The van der Waals surface area contributed by atoms with Gasteiger partial charge in [-0.05, 0) is 6.42 Å². The third kappa shape index (κ3) is 1.95. The van der Waals surface area contributed by atoms with Gasteiger partial charge in [-0.3, -0.25) is 9.78 Å². The van der Waals surface area contributed by atoms with E-state index in [4.69, 9.17) is 11.6 Å². The topological polar surface area (TPSA) is 49.3 Å². The van der Waals surface area contributed by atoms with Gasteiger partial charge in [0.25, 0.3) is 0 Å². The Morgan fingerprint density at radius 3 is 3.06 bits per heavy atom. The summed E-state index contributed by atoms with van der Waals surface area (Å²) in [5.74, 6) is 1.09. The predicted molar refractivity (Wildman–Crippen MR) is 64.0 cm³/mol. The molecule has 90 valence electrons. The molecule has 0 aromatic carbocycles. The third-order valence-corrected chi connectivity index (χ3v) is 3.59. The molecule has 0 saturated carbocycles. The number of halogens is 1. The van der Waals surface area contributed by atoms with Gasteiger partial charge < -0.3 is 9.80 Å². The van der Waals surface area contributed by atoms with Crippen LogP contribution in [0.4, 0.5) is 5.82 Å². The number of carbonyl (C=O) groups excluding carboxylic acids is 1. The first-order chi connectivity index (χ1) is 8.24. The van der Waals surface area contributed by atoms with Crippen molar-refractivity contribution in [3.8, 4) is 0 Å². The largest absolute Gasteiger partial charge is 0.351 e. The van der Waals surface area contributed by atoms with Crippen molar-refractivity contribution in [1.82, 2.24) is 14.9 Å². The molecular formula is C11H13ClN4O. The van der Waals surface area contributed by atoms with Crippen molar-refractivity contribution in [2.24, 2.45) is 0 Å². The first-order valence-electron chi connectivity index (χ1n) is 5.76. The van der Waals surface area contributed by atoms with E-state index in [2.05, 4.69) is 14.9 Å². The molecule has 3 rings (SSSR count). The Labute approximate surface area is 104 Å². The Hall–Kier alpha value is -1.36. The molecule has 0 spiro atoms. The molecule has 2 fully saturated rings. The Balaban J connectivity index is 1.77. The minimum Gasteiger partial charge on any atom is -0.351 e. The standard InChI is InChI=1S/C11H13ClN4O/c12-9-5-13-6-10(14-9)15-3-4-16-8(7-15)1-2-11(16)17/h5-6,8H,1-4,7H2. The van der Waals surface area contributed by atoms with Crippen molar-refractivity contribution in [2.75, 3.05) is 24.5 Å². The van der Waals surface area contributed by atoms with Gasteiger partial charge >= 0.3 is 0 Å². The number of amides is 1. The fourth-order valence-electron chi connectivity index (χ4n) is 2.56. The van der Waals surface area contributed by atoms with Gasteiger partial charge in [-0.2, -0.15) is 0 Å². The fourth-order valence-corrected chi connectivity index (χ4v) is 2.70.